The molecule has 17 heavy (non-hydrogen) atoms. The van der Waals surface area contributed by atoms with Gasteiger partial charge < -0.3 is 15.6 Å². The van der Waals surface area contributed by atoms with E-state index in [1.54, 1.807) is 13.2 Å². The van der Waals surface area contributed by atoms with Crippen LogP contribution in [0.15, 0.2) is 18.2 Å². The normalized spacial score (nSPS) is 11.1. The van der Waals surface area contributed by atoms with E-state index in [-0.39, 0.29) is 6.61 Å². The summed E-state index contributed by atoms with van der Waals surface area (Å²) in [5.41, 5.74) is 7.58. The predicted octanol–water partition coefficient (Wildman–Crippen LogP) is 1.36. The molecule has 96 valence electrons. The summed E-state index contributed by atoms with van der Waals surface area (Å²) < 4.78 is 5.03. The van der Waals surface area contributed by atoms with Crippen LogP contribution in [0.4, 0.5) is 5.69 Å². The lowest BCUT2D eigenvalue weighted by molar-refractivity contribution is 0.127. The Balaban J connectivity index is 2.64. The quantitative estimate of drug-likeness (QED) is 0.725. The van der Waals surface area contributed by atoms with E-state index >= 15 is 0 Å². The standard InChI is InChI=1S/C12H19ClN2O2/c1-17-7-5-15(4-6-16)9-10-2-3-11(13)8-12(10)14/h2-3,8,16H,4-7,9,14H2,1H3. The van der Waals surface area contributed by atoms with Crippen molar-refractivity contribution in [3.63, 3.8) is 0 Å². The lowest BCUT2D eigenvalue weighted by Gasteiger charge is -2.21. The molecule has 0 fully saturated rings. The van der Waals surface area contributed by atoms with Crippen molar-refractivity contribution < 1.29 is 9.84 Å². The van der Waals surface area contributed by atoms with E-state index in [9.17, 15) is 0 Å². The summed E-state index contributed by atoms with van der Waals surface area (Å²) in [7, 11) is 1.66. The zero-order valence-corrected chi connectivity index (χ0v) is 10.8. The molecule has 0 bridgehead atoms. The number of halogens is 1. The van der Waals surface area contributed by atoms with Crippen molar-refractivity contribution >= 4 is 17.3 Å². The van der Waals surface area contributed by atoms with Crippen molar-refractivity contribution in [3.8, 4) is 0 Å². The van der Waals surface area contributed by atoms with Gasteiger partial charge in [-0.05, 0) is 17.7 Å². The average Bonchev–Trinajstić information content (AvgIpc) is 2.29. The summed E-state index contributed by atoms with van der Waals surface area (Å²) in [4.78, 5) is 2.09. The van der Waals surface area contributed by atoms with Gasteiger partial charge in [0.15, 0.2) is 0 Å². The van der Waals surface area contributed by atoms with E-state index < -0.39 is 0 Å². The third-order valence-electron chi connectivity index (χ3n) is 2.53. The fourth-order valence-corrected chi connectivity index (χ4v) is 1.76. The van der Waals surface area contributed by atoms with Gasteiger partial charge in [-0.25, -0.2) is 0 Å². The minimum Gasteiger partial charge on any atom is -0.398 e. The molecule has 0 unspecified atom stereocenters. The highest BCUT2D eigenvalue weighted by atomic mass is 35.5. The Bertz CT molecular complexity index is 347. The lowest BCUT2D eigenvalue weighted by Crippen LogP contribution is -2.30. The zero-order valence-electron chi connectivity index (χ0n) is 10.0. The Morgan fingerprint density at radius 3 is 2.76 bits per heavy atom. The van der Waals surface area contributed by atoms with E-state index in [1.807, 2.05) is 12.1 Å². The Morgan fingerprint density at radius 2 is 2.18 bits per heavy atom. The maximum atomic E-state index is 8.99. The first-order chi connectivity index (χ1) is 8.17. The molecular formula is C12H19ClN2O2. The maximum Gasteiger partial charge on any atom is 0.0589 e. The average molecular weight is 259 g/mol. The van der Waals surface area contributed by atoms with Gasteiger partial charge in [0.2, 0.25) is 0 Å². The monoisotopic (exact) mass is 258 g/mol. The van der Waals surface area contributed by atoms with Gasteiger partial charge in [-0.1, -0.05) is 17.7 Å². The van der Waals surface area contributed by atoms with Crippen LogP contribution in [0.25, 0.3) is 0 Å². The lowest BCUT2D eigenvalue weighted by atomic mass is 10.1. The highest BCUT2D eigenvalue weighted by Gasteiger charge is 2.07. The number of nitrogen functional groups attached to an aromatic ring is 1. The number of nitrogens with two attached hydrogens (primary N) is 1. The van der Waals surface area contributed by atoms with Gasteiger partial charge in [0.25, 0.3) is 0 Å². The van der Waals surface area contributed by atoms with Crippen molar-refractivity contribution in [1.29, 1.82) is 0 Å². The molecule has 0 atom stereocenters. The zero-order chi connectivity index (χ0) is 12.7. The van der Waals surface area contributed by atoms with Gasteiger partial charge in [0, 0.05) is 37.5 Å². The van der Waals surface area contributed by atoms with E-state index in [4.69, 9.17) is 27.2 Å². The second-order valence-electron chi connectivity index (χ2n) is 3.84. The van der Waals surface area contributed by atoms with E-state index in [2.05, 4.69) is 4.90 Å². The third kappa shape index (κ3) is 4.91. The molecule has 0 amide bonds. The molecule has 1 aromatic rings. The van der Waals surface area contributed by atoms with Crippen LogP contribution in [0, 0.1) is 0 Å². The molecule has 0 aliphatic carbocycles. The SMILES string of the molecule is COCCN(CCO)Cc1ccc(Cl)cc1N. The topological polar surface area (TPSA) is 58.7 Å². The summed E-state index contributed by atoms with van der Waals surface area (Å²) in [6, 6.07) is 5.47. The number of benzene rings is 1. The van der Waals surface area contributed by atoms with Crippen LogP contribution < -0.4 is 5.73 Å². The predicted molar refractivity (Wildman–Crippen MR) is 70.1 cm³/mol. The van der Waals surface area contributed by atoms with Crippen LogP contribution in [-0.2, 0) is 11.3 Å². The highest BCUT2D eigenvalue weighted by molar-refractivity contribution is 6.30. The third-order valence-corrected chi connectivity index (χ3v) is 2.76. The molecule has 4 nitrogen and oxygen atoms in total. The second-order valence-corrected chi connectivity index (χ2v) is 4.27. The van der Waals surface area contributed by atoms with Crippen LogP contribution >= 0.6 is 11.6 Å². The number of ether oxygens (including phenoxy) is 1. The number of nitrogens with zero attached hydrogens (tertiary/aromatic N) is 1. The Kier molecular flexibility index (Phi) is 6.29. The van der Waals surface area contributed by atoms with Gasteiger partial charge in [-0.15, -0.1) is 0 Å². The van der Waals surface area contributed by atoms with Crippen molar-refractivity contribution in [2.24, 2.45) is 0 Å². The highest BCUT2D eigenvalue weighted by Crippen LogP contribution is 2.19. The molecule has 0 aliphatic rings. The molecule has 1 rings (SSSR count). The van der Waals surface area contributed by atoms with Gasteiger partial charge in [0.05, 0.1) is 13.2 Å². The van der Waals surface area contributed by atoms with Gasteiger partial charge in [-0.3, -0.25) is 4.90 Å². The Labute approximate surface area is 107 Å². The first-order valence-electron chi connectivity index (χ1n) is 5.53. The molecule has 5 heteroatoms. The molecule has 0 aliphatic heterocycles. The van der Waals surface area contributed by atoms with Crippen LogP contribution in [-0.4, -0.2) is 43.4 Å². The summed E-state index contributed by atoms with van der Waals surface area (Å²) >= 11 is 5.84. The summed E-state index contributed by atoms with van der Waals surface area (Å²) in [6.45, 7) is 2.81. The van der Waals surface area contributed by atoms with Crippen molar-refractivity contribution in [3.05, 3.63) is 28.8 Å². The van der Waals surface area contributed by atoms with Gasteiger partial charge in [-0.2, -0.15) is 0 Å². The summed E-state index contributed by atoms with van der Waals surface area (Å²) in [5.74, 6) is 0. The van der Waals surface area contributed by atoms with Gasteiger partial charge in [0.1, 0.15) is 0 Å². The molecule has 0 spiro atoms. The number of rotatable bonds is 7. The van der Waals surface area contributed by atoms with Crippen molar-refractivity contribution in [1.82, 2.24) is 4.90 Å². The van der Waals surface area contributed by atoms with Crippen molar-refractivity contribution in [2.45, 2.75) is 6.54 Å². The molecule has 0 saturated heterocycles. The van der Waals surface area contributed by atoms with Crippen molar-refractivity contribution in [2.75, 3.05) is 39.1 Å². The first-order valence-corrected chi connectivity index (χ1v) is 5.91. The molecule has 0 saturated carbocycles. The largest absolute Gasteiger partial charge is 0.398 e. The van der Waals surface area contributed by atoms with Crippen LogP contribution in [0.3, 0.4) is 0 Å². The number of hydrogen-bond donors (Lipinski definition) is 2. The molecule has 3 N–H and O–H groups in total. The summed E-state index contributed by atoms with van der Waals surface area (Å²) in [5, 5.41) is 9.63. The fraction of sp³-hybridized carbons (Fsp3) is 0.500. The van der Waals surface area contributed by atoms with Crippen LogP contribution in [0.5, 0.6) is 0 Å². The molecule has 0 aromatic heterocycles. The van der Waals surface area contributed by atoms with E-state index in [1.165, 1.54) is 0 Å². The number of aliphatic hydroxyl groups excluding tert-OH is 1. The smallest absolute Gasteiger partial charge is 0.0589 e. The molecule has 1 aromatic carbocycles. The molecule has 0 heterocycles. The molecule has 0 radical (unpaired) electrons. The van der Waals surface area contributed by atoms with Crippen LogP contribution in [0.1, 0.15) is 5.56 Å². The van der Waals surface area contributed by atoms with E-state index in [0.717, 1.165) is 12.1 Å². The maximum absolute atomic E-state index is 8.99. The number of aliphatic hydroxyl groups is 1. The first kappa shape index (κ1) is 14.3. The number of anilines is 1. The van der Waals surface area contributed by atoms with Crippen LogP contribution in [0.2, 0.25) is 5.02 Å². The van der Waals surface area contributed by atoms with Gasteiger partial charge >= 0.3 is 0 Å². The minimum atomic E-state index is 0.122. The fourth-order valence-electron chi connectivity index (χ4n) is 1.58. The Morgan fingerprint density at radius 1 is 1.41 bits per heavy atom. The van der Waals surface area contributed by atoms with E-state index in [0.29, 0.717) is 30.4 Å². The minimum absolute atomic E-state index is 0.122. The second kappa shape index (κ2) is 7.50. The molecular weight excluding hydrogens is 240 g/mol. The number of methoxy groups -OCH3 is 1. The number of hydrogen-bond acceptors (Lipinski definition) is 4. The summed E-state index contributed by atoms with van der Waals surface area (Å²) in [6.07, 6.45) is 0. The Hall–Kier alpha value is -0.810.